The molecule has 0 atom stereocenters. The molecule has 0 aliphatic rings. The molecule has 0 saturated heterocycles. The molecular weight excluding hydrogens is 122 g/mol. The average molecular weight is 135 g/mol. The van der Waals surface area contributed by atoms with Crippen LogP contribution in [0.25, 0.3) is 0 Å². The molecule has 0 aliphatic carbocycles. The smallest absolute Gasteiger partial charge is 0.0693 e. The van der Waals surface area contributed by atoms with Gasteiger partial charge in [0.15, 0.2) is 0 Å². The molecule has 0 fully saturated rings. The minimum absolute atomic E-state index is 0.817. The quantitative estimate of drug-likeness (QED) is 0.428. The fraction of sp³-hybridized carbons (Fsp3) is 1.00. The molecule has 0 aliphatic heterocycles. The van der Waals surface area contributed by atoms with Crippen molar-refractivity contribution in [3.8, 4) is 0 Å². The summed E-state index contributed by atoms with van der Waals surface area (Å²) in [6.07, 6.45) is 3.06. The van der Waals surface area contributed by atoms with Gasteiger partial charge in [-0.2, -0.15) is 0 Å². The van der Waals surface area contributed by atoms with E-state index in [0.29, 0.717) is 0 Å². The Morgan fingerprint density at radius 1 is 1.62 bits per heavy atom. The van der Waals surface area contributed by atoms with E-state index < -0.39 is 0 Å². The van der Waals surface area contributed by atoms with Crippen molar-refractivity contribution in [3.63, 3.8) is 0 Å². The molecule has 0 saturated carbocycles. The molecule has 0 N–H and O–H groups in total. The Hall–Kier alpha value is 0.270. The van der Waals surface area contributed by atoms with Gasteiger partial charge in [-0.05, 0) is 12.7 Å². The van der Waals surface area contributed by atoms with Crippen molar-refractivity contribution in [2.75, 3.05) is 19.9 Å². The molecule has 8 heavy (non-hydrogen) atoms. The first-order valence-corrected chi connectivity index (χ1v) is 3.90. The second-order valence-electron chi connectivity index (χ2n) is 1.46. The number of hydroxylamine groups is 1. The fourth-order valence-corrected chi connectivity index (χ4v) is 0.452. The topological polar surface area (TPSA) is 12.5 Å². The van der Waals surface area contributed by atoms with Crippen LogP contribution in [-0.4, -0.2) is 24.4 Å². The van der Waals surface area contributed by atoms with Gasteiger partial charge in [0.05, 0.1) is 6.61 Å². The molecule has 0 unspecified atom stereocenters. The predicted molar refractivity (Wildman–Crippen MR) is 37.5 cm³/mol. The van der Waals surface area contributed by atoms with E-state index >= 15 is 0 Å². The summed E-state index contributed by atoms with van der Waals surface area (Å²) in [5.41, 5.74) is 0. The molecule has 0 spiro atoms. The summed E-state index contributed by atoms with van der Waals surface area (Å²) in [5, 5.41) is 0. The molecule has 3 heteroatoms. The van der Waals surface area contributed by atoms with Gasteiger partial charge in [-0.3, -0.25) is 4.84 Å². The summed E-state index contributed by atoms with van der Waals surface area (Å²) in [6, 6.07) is 0. The summed E-state index contributed by atoms with van der Waals surface area (Å²) >= 11 is 1.58. The molecule has 0 bridgehead atoms. The summed E-state index contributed by atoms with van der Waals surface area (Å²) < 4.78 is 1.75. The van der Waals surface area contributed by atoms with Crippen LogP contribution < -0.4 is 0 Å². The van der Waals surface area contributed by atoms with Gasteiger partial charge < -0.3 is 0 Å². The maximum absolute atomic E-state index is 5.14. The van der Waals surface area contributed by atoms with Crippen LogP contribution in [-0.2, 0) is 4.84 Å². The standard InChI is InChI=1S/C5H13NOS/c1-4-5-7-6(2)8-3/h4-5H2,1-3H3. The highest BCUT2D eigenvalue weighted by atomic mass is 32.2. The van der Waals surface area contributed by atoms with Crippen molar-refractivity contribution < 1.29 is 4.84 Å². The van der Waals surface area contributed by atoms with Crippen LogP contribution in [0, 0.1) is 0 Å². The van der Waals surface area contributed by atoms with E-state index in [0.717, 1.165) is 13.0 Å². The second kappa shape index (κ2) is 5.41. The Labute approximate surface area is 55.3 Å². The molecule has 0 heterocycles. The molecule has 50 valence electrons. The van der Waals surface area contributed by atoms with E-state index in [2.05, 4.69) is 6.92 Å². The Kier molecular flexibility index (Phi) is 5.59. The first-order valence-electron chi connectivity index (χ1n) is 2.72. The highest BCUT2D eigenvalue weighted by Crippen LogP contribution is 2.00. The predicted octanol–water partition coefficient (Wildman–Crippen LogP) is 1.54. The molecule has 0 aromatic rings. The Balaban J connectivity index is 2.86. The average Bonchev–Trinajstić information content (AvgIpc) is 1.83. The van der Waals surface area contributed by atoms with Gasteiger partial charge >= 0.3 is 0 Å². The van der Waals surface area contributed by atoms with Gasteiger partial charge in [-0.25, -0.2) is 0 Å². The van der Waals surface area contributed by atoms with Crippen LogP contribution in [0.3, 0.4) is 0 Å². The first kappa shape index (κ1) is 8.27. The molecule has 0 rings (SSSR count). The van der Waals surface area contributed by atoms with Crippen molar-refractivity contribution >= 4 is 11.9 Å². The fourth-order valence-electron chi connectivity index (χ4n) is 0.273. The first-order chi connectivity index (χ1) is 3.81. The van der Waals surface area contributed by atoms with Gasteiger partial charge in [-0.1, -0.05) is 18.9 Å². The van der Waals surface area contributed by atoms with E-state index in [1.807, 2.05) is 13.3 Å². The largest absolute Gasteiger partial charge is 0.289 e. The zero-order valence-corrected chi connectivity index (χ0v) is 6.49. The summed E-state index contributed by atoms with van der Waals surface area (Å²) in [5.74, 6) is 0. The molecule has 0 aromatic heterocycles. The van der Waals surface area contributed by atoms with E-state index in [9.17, 15) is 0 Å². The molecule has 0 radical (unpaired) electrons. The lowest BCUT2D eigenvalue weighted by Gasteiger charge is -2.10. The zero-order valence-electron chi connectivity index (χ0n) is 5.68. The van der Waals surface area contributed by atoms with Crippen LogP contribution in [0.15, 0.2) is 0 Å². The van der Waals surface area contributed by atoms with Gasteiger partial charge in [0.2, 0.25) is 0 Å². The molecule has 0 aromatic carbocycles. The Morgan fingerprint density at radius 2 is 2.25 bits per heavy atom. The third-order valence-corrected chi connectivity index (χ3v) is 1.35. The second-order valence-corrected chi connectivity index (χ2v) is 2.33. The summed E-state index contributed by atoms with van der Waals surface area (Å²) in [7, 11) is 1.90. The van der Waals surface area contributed by atoms with Crippen molar-refractivity contribution in [3.05, 3.63) is 0 Å². The van der Waals surface area contributed by atoms with Crippen molar-refractivity contribution in [1.29, 1.82) is 0 Å². The number of nitrogens with zero attached hydrogens (tertiary/aromatic N) is 1. The van der Waals surface area contributed by atoms with Crippen molar-refractivity contribution in [2.45, 2.75) is 13.3 Å². The number of hydrogen-bond donors (Lipinski definition) is 0. The SMILES string of the molecule is CCCON(C)SC. The Morgan fingerprint density at radius 3 is 2.62 bits per heavy atom. The van der Waals surface area contributed by atoms with Gasteiger partial charge in [0.1, 0.15) is 0 Å². The minimum Gasteiger partial charge on any atom is -0.289 e. The third kappa shape index (κ3) is 4.43. The van der Waals surface area contributed by atoms with Crippen LogP contribution in [0.4, 0.5) is 0 Å². The van der Waals surface area contributed by atoms with Gasteiger partial charge in [-0.15, -0.1) is 4.47 Å². The maximum atomic E-state index is 5.14. The molecule has 0 amide bonds. The third-order valence-electron chi connectivity index (χ3n) is 0.734. The van der Waals surface area contributed by atoms with E-state index in [1.54, 1.807) is 16.4 Å². The van der Waals surface area contributed by atoms with E-state index in [1.165, 1.54) is 0 Å². The maximum Gasteiger partial charge on any atom is 0.0693 e. The number of hydrogen-bond acceptors (Lipinski definition) is 3. The van der Waals surface area contributed by atoms with Crippen LogP contribution in [0.5, 0.6) is 0 Å². The number of rotatable bonds is 4. The lowest BCUT2D eigenvalue weighted by Crippen LogP contribution is -2.09. The Bertz CT molecular complexity index is 51.7. The zero-order chi connectivity index (χ0) is 6.41. The molecule has 2 nitrogen and oxygen atoms in total. The van der Waals surface area contributed by atoms with E-state index in [-0.39, 0.29) is 0 Å². The summed E-state index contributed by atoms with van der Waals surface area (Å²) in [6.45, 7) is 2.91. The van der Waals surface area contributed by atoms with Crippen LogP contribution in [0.1, 0.15) is 13.3 Å². The van der Waals surface area contributed by atoms with Gasteiger partial charge in [0.25, 0.3) is 0 Å². The lowest BCUT2D eigenvalue weighted by molar-refractivity contribution is -0.0544. The monoisotopic (exact) mass is 135 g/mol. The van der Waals surface area contributed by atoms with Crippen LogP contribution >= 0.6 is 11.9 Å². The van der Waals surface area contributed by atoms with Crippen LogP contribution in [0.2, 0.25) is 0 Å². The highest BCUT2D eigenvalue weighted by Gasteiger charge is 1.89. The minimum atomic E-state index is 0.817. The summed E-state index contributed by atoms with van der Waals surface area (Å²) in [4.78, 5) is 5.14. The highest BCUT2D eigenvalue weighted by molar-refractivity contribution is 7.96. The molecular formula is C5H13NOS. The van der Waals surface area contributed by atoms with Crippen molar-refractivity contribution in [1.82, 2.24) is 4.47 Å². The van der Waals surface area contributed by atoms with Gasteiger partial charge in [0, 0.05) is 7.05 Å². The normalized spacial score (nSPS) is 10.5. The van der Waals surface area contributed by atoms with E-state index in [4.69, 9.17) is 4.84 Å². The van der Waals surface area contributed by atoms with Crippen molar-refractivity contribution in [2.24, 2.45) is 0 Å². The lowest BCUT2D eigenvalue weighted by atomic mass is 10.5.